The predicted octanol–water partition coefficient (Wildman–Crippen LogP) is -0.321. The van der Waals surface area contributed by atoms with Crippen molar-refractivity contribution < 1.29 is 0 Å². The van der Waals surface area contributed by atoms with E-state index in [1.165, 1.54) is 0 Å². The molecule has 0 spiro atoms. The lowest BCUT2D eigenvalue weighted by atomic mass is 10.4. The van der Waals surface area contributed by atoms with Gasteiger partial charge in [0.2, 0.25) is 5.95 Å². The Morgan fingerprint density at radius 3 is 2.60 bits per heavy atom. The van der Waals surface area contributed by atoms with Crippen LogP contribution in [0.2, 0.25) is 0 Å². The summed E-state index contributed by atoms with van der Waals surface area (Å²) in [5.41, 5.74) is 0.554. The Hall–Kier alpha value is -1.72. The monoisotopic (exact) mass is 209 g/mol. The van der Waals surface area contributed by atoms with Crippen LogP contribution >= 0.6 is 0 Å². The van der Waals surface area contributed by atoms with Gasteiger partial charge in [0.05, 0.1) is 6.67 Å². The van der Waals surface area contributed by atoms with Gasteiger partial charge in [-0.3, -0.25) is 9.78 Å². The Labute approximate surface area is 88.1 Å². The summed E-state index contributed by atoms with van der Waals surface area (Å²) in [5, 5.41) is 0. The molecule has 1 aliphatic heterocycles. The molecular formula is C9H15N5O. The molecule has 0 bridgehead atoms. The second-order valence-corrected chi connectivity index (χ2v) is 3.99. The van der Waals surface area contributed by atoms with E-state index in [0.717, 1.165) is 5.82 Å². The first-order valence-corrected chi connectivity index (χ1v) is 4.74. The molecule has 2 heterocycles. The van der Waals surface area contributed by atoms with Gasteiger partial charge in [0.1, 0.15) is 5.69 Å². The summed E-state index contributed by atoms with van der Waals surface area (Å²) in [6.07, 6.45) is 0. The van der Waals surface area contributed by atoms with Gasteiger partial charge in [-0.1, -0.05) is 0 Å². The first-order valence-electron chi connectivity index (χ1n) is 4.74. The third kappa shape index (κ3) is 1.42. The summed E-state index contributed by atoms with van der Waals surface area (Å²) in [7, 11) is 7.51. The number of aromatic nitrogens is 2. The number of anilines is 3. The molecular weight excluding hydrogens is 194 g/mol. The van der Waals surface area contributed by atoms with Crippen molar-refractivity contribution in [1.29, 1.82) is 0 Å². The van der Waals surface area contributed by atoms with Gasteiger partial charge in [0, 0.05) is 28.2 Å². The molecule has 15 heavy (non-hydrogen) atoms. The third-order valence-electron chi connectivity index (χ3n) is 2.46. The van der Waals surface area contributed by atoms with Crippen molar-refractivity contribution in [3.63, 3.8) is 0 Å². The predicted molar refractivity (Wildman–Crippen MR) is 60.9 cm³/mol. The number of hydrogen-bond donors (Lipinski definition) is 1. The summed E-state index contributed by atoms with van der Waals surface area (Å²) in [4.78, 5) is 24.6. The van der Waals surface area contributed by atoms with Gasteiger partial charge in [-0.05, 0) is 0 Å². The summed E-state index contributed by atoms with van der Waals surface area (Å²) < 4.78 is 0. The fourth-order valence-electron chi connectivity index (χ4n) is 1.72. The van der Waals surface area contributed by atoms with Crippen LogP contribution in [0, 0.1) is 0 Å². The Morgan fingerprint density at radius 2 is 2.00 bits per heavy atom. The van der Waals surface area contributed by atoms with E-state index in [9.17, 15) is 4.79 Å². The van der Waals surface area contributed by atoms with Gasteiger partial charge >= 0.3 is 0 Å². The maximum atomic E-state index is 11.8. The lowest BCUT2D eigenvalue weighted by Crippen LogP contribution is -2.26. The molecule has 0 saturated heterocycles. The number of nitrogens with one attached hydrogen (secondary N) is 1. The summed E-state index contributed by atoms with van der Waals surface area (Å²) in [6.45, 7) is 0.697. The third-order valence-corrected chi connectivity index (χ3v) is 2.46. The molecule has 0 saturated carbocycles. The molecule has 1 aliphatic rings. The molecule has 0 aliphatic carbocycles. The molecule has 0 amide bonds. The number of fused-ring (bicyclic) bond motifs is 1. The van der Waals surface area contributed by atoms with Crippen molar-refractivity contribution in [3.8, 4) is 0 Å². The molecule has 0 radical (unpaired) electrons. The zero-order valence-electron chi connectivity index (χ0n) is 9.40. The number of rotatable bonds is 1. The fourth-order valence-corrected chi connectivity index (χ4v) is 1.72. The van der Waals surface area contributed by atoms with E-state index < -0.39 is 0 Å². The molecule has 0 aromatic carbocycles. The highest BCUT2D eigenvalue weighted by atomic mass is 16.1. The van der Waals surface area contributed by atoms with Gasteiger partial charge in [-0.2, -0.15) is 4.98 Å². The van der Waals surface area contributed by atoms with Gasteiger partial charge < -0.3 is 14.7 Å². The van der Waals surface area contributed by atoms with E-state index in [4.69, 9.17) is 0 Å². The van der Waals surface area contributed by atoms with Crippen LogP contribution in [-0.4, -0.2) is 44.8 Å². The lowest BCUT2D eigenvalue weighted by Gasteiger charge is -2.13. The summed E-state index contributed by atoms with van der Waals surface area (Å²) in [6, 6.07) is 0. The van der Waals surface area contributed by atoms with E-state index >= 15 is 0 Å². The normalized spacial score (nSPS) is 14.4. The summed E-state index contributed by atoms with van der Waals surface area (Å²) in [5.74, 6) is 1.32. The van der Waals surface area contributed by atoms with Crippen LogP contribution < -0.4 is 20.3 Å². The van der Waals surface area contributed by atoms with E-state index in [1.807, 2.05) is 38.0 Å². The molecule has 82 valence electrons. The number of hydrogen-bond acceptors (Lipinski definition) is 5. The molecule has 1 aromatic heterocycles. The van der Waals surface area contributed by atoms with Crippen molar-refractivity contribution in [2.45, 2.75) is 0 Å². The van der Waals surface area contributed by atoms with Crippen LogP contribution in [0.15, 0.2) is 4.79 Å². The van der Waals surface area contributed by atoms with Crippen LogP contribution in [0.5, 0.6) is 0 Å². The second kappa shape index (κ2) is 3.15. The van der Waals surface area contributed by atoms with Gasteiger partial charge in [0.25, 0.3) is 5.56 Å². The second-order valence-electron chi connectivity index (χ2n) is 3.99. The van der Waals surface area contributed by atoms with Gasteiger partial charge in [-0.25, -0.2) is 0 Å². The minimum Gasteiger partial charge on any atom is -0.349 e. The van der Waals surface area contributed by atoms with Crippen LogP contribution in [0.3, 0.4) is 0 Å². The maximum Gasteiger partial charge on any atom is 0.278 e. The summed E-state index contributed by atoms with van der Waals surface area (Å²) >= 11 is 0. The first-order chi connectivity index (χ1) is 7.00. The van der Waals surface area contributed by atoms with Crippen LogP contribution in [0.4, 0.5) is 17.5 Å². The Balaban J connectivity index is 2.61. The molecule has 1 aromatic rings. The highest BCUT2D eigenvalue weighted by Gasteiger charge is 2.26. The molecule has 6 heteroatoms. The van der Waals surface area contributed by atoms with Crippen molar-refractivity contribution in [2.75, 3.05) is 49.6 Å². The zero-order chi connectivity index (χ0) is 11.2. The number of nitrogens with zero attached hydrogens (tertiary/aromatic N) is 4. The molecule has 0 unspecified atom stereocenters. The number of H-pyrrole nitrogens is 1. The maximum absolute atomic E-state index is 11.8. The van der Waals surface area contributed by atoms with E-state index in [-0.39, 0.29) is 5.56 Å². The molecule has 0 fully saturated rings. The van der Waals surface area contributed by atoms with Crippen molar-refractivity contribution in [3.05, 3.63) is 10.4 Å². The van der Waals surface area contributed by atoms with Crippen LogP contribution in [0.25, 0.3) is 0 Å². The Kier molecular flexibility index (Phi) is 2.06. The van der Waals surface area contributed by atoms with E-state index in [0.29, 0.717) is 18.3 Å². The quantitative estimate of drug-likeness (QED) is 0.687. The first kappa shape index (κ1) is 9.82. The van der Waals surface area contributed by atoms with Crippen molar-refractivity contribution >= 4 is 17.5 Å². The SMILES string of the molecule is CN(C)c1nc2c(c(=O)[nH]1)N(C)CN2C. The van der Waals surface area contributed by atoms with Crippen molar-refractivity contribution in [1.82, 2.24) is 9.97 Å². The van der Waals surface area contributed by atoms with Gasteiger partial charge in [0.15, 0.2) is 5.82 Å². The van der Waals surface area contributed by atoms with Crippen LogP contribution in [-0.2, 0) is 0 Å². The molecule has 2 rings (SSSR count). The molecule has 1 N–H and O–H groups in total. The van der Waals surface area contributed by atoms with Crippen molar-refractivity contribution in [2.24, 2.45) is 0 Å². The largest absolute Gasteiger partial charge is 0.349 e. The lowest BCUT2D eigenvalue weighted by molar-refractivity contribution is 0.905. The highest BCUT2D eigenvalue weighted by molar-refractivity contribution is 5.71. The standard InChI is InChI=1S/C9H15N5O/c1-12(2)9-10-7-6(8(15)11-9)13(3)5-14(7)4/h5H2,1-4H3,(H,10,11,15). The number of aromatic amines is 1. The Morgan fingerprint density at radius 1 is 1.33 bits per heavy atom. The molecule has 0 atom stereocenters. The van der Waals surface area contributed by atoms with E-state index in [2.05, 4.69) is 9.97 Å². The zero-order valence-corrected chi connectivity index (χ0v) is 9.40. The minimum absolute atomic E-state index is 0.0875. The average molecular weight is 209 g/mol. The minimum atomic E-state index is -0.0875. The highest BCUT2D eigenvalue weighted by Crippen LogP contribution is 2.28. The van der Waals surface area contributed by atoms with Gasteiger partial charge in [-0.15, -0.1) is 0 Å². The van der Waals surface area contributed by atoms with E-state index in [1.54, 1.807) is 4.90 Å². The molecule has 6 nitrogen and oxygen atoms in total. The average Bonchev–Trinajstić information content (AvgIpc) is 2.42. The van der Waals surface area contributed by atoms with Crippen LogP contribution in [0.1, 0.15) is 0 Å². The Bertz CT molecular complexity index is 439. The smallest absolute Gasteiger partial charge is 0.278 e. The topological polar surface area (TPSA) is 55.5 Å². The fraction of sp³-hybridized carbons (Fsp3) is 0.556.